The van der Waals surface area contributed by atoms with E-state index < -0.39 is 11.0 Å². The molecule has 0 aliphatic carbocycles. The zero-order chi connectivity index (χ0) is 20.8. The number of ether oxygens (including phenoxy) is 2. The average Bonchev–Trinajstić information content (AvgIpc) is 2.74. The fourth-order valence-electron chi connectivity index (χ4n) is 3.27. The lowest BCUT2D eigenvalue weighted by Crippen LogP contribution is -2.30. The Bertz CT molecular complexity index is 863. The van der Waals surface area contributed by atoms with Gasteiger partial charge in [0.2, 0.25) is 0 Å². The smallest absolute Gasteiger partial charge is 0.273 e. The van der Waals surface area contributed by atoms with Crippen LogP contribution < -0.4 is 19.7 Å². The van der Waals surface area contributed by atoms with Crippen LogP contribution in [0.1, 0.15) is 26.2 Å². The second-order valence-electron chi connectivity index (χ2n) is 6.94. The van der Waals surface area contributed by atoms with E-state index in [4.69, 9.17) is 9.47 Å². The molecule has 1 atom stereocenters. The third-order valence-electron chi connectivity index (χ3n) is 4.89. The summed E-state index contributed by atoms with van der Waals surface area (Å²) in [7, 11) is 1.43. The van der Waals surface area contributed by atoms with Gasteiger partial charge in [0.15, 0.2) is 17.6 Å². The van der Waals surface area contributed by atoms with Crippen molar-refractivity contribution in [2.24, 2.45) is 0 Å². The highest BCUT2D eigenvalue weighted by Crippen LogP contribution is 2.32. The number of nitro benzene ring substituents is 1. The first-order chi connectivity index (χ1) is 14.0. The molecule has 0 radical (unpaired) electrons. The molecule has 8 heteroatoms. The summed E-state index contributed by atoms with van der Waals surface area (Å²) >= 11 is 0. The maximum Gasteiger partial charge on any atom is 0.273 e. The number of rotatable bonds is 7. The molecule has 1 heterocycles. The quantitative estimate of drug-likeness (QED) is 0.559. The molecule has 2 aromatic carbocycles. The number of carbonyl (C=O) groups excluding carboxylic acids is 1. The topological polar surface area (TPSA) is 93.9 Å². The average molecular weight is 399 g/mol. The third kappa shape index (κ3) is 5.16. The number of methoxy groups -OCH3 is 1. The summed E-state index contributed by atoms with van der Waals surface area (Å²) in [4.78, 5) is 25.3. The van der Waals surface area contributed by atoms with Crippen molar-refractivity contribution in [2.75, 3.05) is 30.4 Å². The van der Waals surface area contributed by atoms with Crippen molar-refractivity contribution >= 4 is 23.0 Å². The Hall–Kier alpha value is -3.29. The first-order valence-electron chi connectivity index (χ1n) is 9.63. The number of nitro groups is 1. The molecule has 1 saturated heterocycles. The Morgan fingerprint density at radius 3 is 2.41 bits per heavy atom. The van der Waals surface area contributed by atoms with Crippen LogP contribution in [0.4, 0.5) is 17.1 Å². The van der Waals surface area contributed by atoms with Crippen molar-refractivity contribution in [3.8, 4) is 11.5 Å². The van der Waals surface area contributed by atoms with Gasteiger partial charge in [0.1, 0.15) is 0 Å². The van der Waals surface area contributed by atoms with Crippen LogP contribution in [-0.2, 0) is 4.79 Å². The number of carbonyl (C=O) groups is 1. The van der Waals surface area contributed by atoms with Gasteiger partial charge in [-0.15, -0.1) is 0 Å². The molecule has 0 unspecified atom stereocenters. The monoisotopic (exact) mass is 399 g/mol. The summed E-state index contributed by atoms with van der Waals surface area (Å²) in [6, 6.07) is 11.7. The van der Waals surface area contributed by atoms with Gasteiger partial charge in [0.25, 0.3) is 11.6 Å². The number of nitrogens with one attached hydrogen (secondary N) is 1. The number of benzene rings is 2. The number of hydrogen-bond acceptors (Lipinski definition) is 6. The highest BCUT2D eigenvalue weighted by molar-refractivity contribution is 5.94. The molecule has 29 heavy (non-hydrogen) atoms. The predicted molar refractivity (Wildman–Crippen MR) is 111 cm³/mol. The van der Waals surface area contributed by atoms with Gasteiger partial charge in [-0.1, -0.05) is 0 Å². The third-order valence-corrected chi connectivity index (χ3v) is 4.89. The Morgan fingerprint density at radius 1 is 1.10 bits per heavy atom. The number of piperidine rings is 1. The number of non-ortho nitro benzene ring substituents is 1. The Balaban J connectivity index is 1.63. The van der Waals surface area contributed by atoms with Crippen molar-refractivity contribution in [2.45, 2.75) is 32.3 Å². The van der Waals surface area contributed by atoms with E-state index in [-0.39, 0.29) is 17.3 Å². The van der Waals surface area contributed by atoms with Crippen LogP contribution in [-0.4, -0.2) is 37.1 Å². The first-order valence-corrected chi connectivity index (χ1v) is 9.63. The van der Waals surface area contributed by atoms with Crippen LogP contribution in [0.5, 0.6) is 11.5 Å². The lowest BCUT2D eigenvalue weighted by molar-refractivity contribution is -0.385. The van der Waals surface area contributed by atoms with Gasteiger partial charge in [-0.05, 0) is 56.5 Å². The predicted octanol–water partition coefficient (Wildman–Crippen LogP) is 4.00. The SMILES string of the molecule is COc1ccc([N+](=O)[O-])cc1O[C@@H](C)C(=O)Nc1ccc(N2CCCCC2)cc1. The summed E-state index contributed by atoms with van der Waals surface area (Å²) in [5.74, 6) is 0.107. The molecule has 1 amide bonds. The van der Waals surface area contributed by atoms with E-state index in [1.807, 2.05) is 24.3 Å². The Labute approximate surface area is 169 Å². The molecule has 0 aromatic heterocycles. The summed E-state index contributed by atoms with van der Waals surface area (Å²) in [6.07, 6.45) is 2.81. The summed E-state index contributed by atoms with van der Waals surface area (Å²) in [5, 5.41) is 13.8. The summed E-state index contributed by atoms with van der Waals surface area (Å²) in [5.41, 5.74) is 1.67. The molecule has 1 fully saturated rings. The molecule has 1 aliphatic rings. The van der Waals surface area contributed by atoms with Crippen LogP contribution >= 0.6 is 0 Å². The summed E-state index contributed by atoms with van der Waals surface area (Å²) < 4.78 is 10.8. The van der Waals surface area contributed by atoms with E-state index >= 15 is 0 Å². The van der Waals surface area contributed by atoms with Crippen molar-refractivity contribution in [1.29, 1.82) is 0 Å². The molecule has 0 saturated carbocycles. The lowest BCUT2D eigenvalue weighted by Gasteiger charge is -2.28. The van der Waals surface area contributed by atoms with Crippen molar-refractivity contribution in [1.82, 2.24) is 0 Å². The molecule has 154 valence electrons. The van der Waals surface area contributed by atoms with E-state index in [2.05, 4.69) is 10.2 Å². The standard InChI is InChI=1S/C21H25N3O5/c1-15(29-20-14-18(24(26)27)10-11-19(20)28-2)21(25)22-16-6-8-17(9-7-16)23-12-4-3-5-13-23/h6-11,14-15H,3-5,12-13H2,1-2H3,(H,22,25)/t15-/m0/s1. The molecular formula is C21H25N3O5. The van der Waals surface area contributed by atoms with E-state index in [1.165, 1.54) is 44.6 Å². The maximum atomic E-state index is 12.5. The Morgan fingerprint density at radius 2 is 1.79 bits per heavy atom. The van der Waals surface area contributed by atoms with Gasteiger partial charge >= 0.3 is 0 Å². The molecule has 0 bridgehead atoms. The minimum absolute atomic E-state index is 0.137. The summed E-state index contributed by atoms with van der Waals surface area (Å²) in [6.45, 7) is 3.69. The van der Waals surface area contributed by atoms with Crippen molar-refractivity contribution in [3.63, 3.8) is 0 Å². The first kappa shape index (κ1) is 20.4. The highest BCUT2D eigenvalue weighted by atomic mass is 16.6. The highest BCUT2D eigenvalue weighted by Gasteiger charge is 2.20. The van der Waals surface area contributed by atoms with Gasteiger partial charge in [-0.2, -0.15) is 0 Å². The second-order valence-corrected chi connectivity index (χ2v) is 6.94. The van der Waals surface area contributed by atoms with Crippen LogP contribution in [0.3, 0.4) is 0 Å². The number of anilines is 2. The molecule has 8 nitrogen and oxygen atoms in total. The lowest BCUT2D eigenvalue weighted by atomic mass is 10.1. The Kier molecular flexibility index (Phi) is 6.54. The fraction of sp³-hybridized carbons (Fsp3) is 0.381. The van der Waals surface area contributed by atoms with Crippen LogP contribution in [0.2, 0.25) is 0 Å². The zero-order valence-electron chi connectivity index (χ0n) is 16.6. The second kappa shape index (κ2) is 9.27. The number of amides is 1. The van der Waals surface area contributed by atoms with E-state index in [0.717, 1.165) is 18.8 Å². The minimum atomic E-state index is -0.868. The van der Waals surface area contributed by atoms with Gasteiger partial charge in [0, 0.05) is 30.5 Å². The molecule has 3 rings (SSSR count). The molecule has 1 aliphatic heterocycles. The van der Waals surface area contributed by atoms with Gasteiger partial charge < -0.3 is 19.7 Å². The molecule has 0 spiro atoms. The van der Waals surface area contributed by atoms with Gasteiger partial charge in [-0.25, -0.2) is 0 Å². The fourth-order valence-corrected chi connectivity index (χ4v) is 3.27. The van der Waals surface area contributed by atoms with Crippen LogP contribution in [0.25, 0.3) is 0 Å². The van der Waals surface area contributed by atoms with E-state index in [1.54, 1.807) is 6.92 Å². The number of nitrogens with zero attached hydrogens (tertiary/aromatic N) is 2. The zero-order valence-corrected chi connectivity index (χ0v) is 16.6. The van der Waals surface area contributed by atoms with E-state index in [0.29, 0.717) is 11.4 Å². The molecular weight excluding hydrogens is 374 g/mol. The number of hydrogen-bond donors (Lipinski definition) is 1. The van der Waals surface area contributed by atoms with Crippen molar-refractivity contribution in [3.05, 3.63) is 52.6 Å². The van der Waals surface area contributed by atoms with Crippen LogP contribution in [0, 0.1) is 10.1 Å². The maximum absolute atomic E-state index is 12.5. The minimum Gasteiger partial charge on any atom is -0.493 e. The normalized spacial score (nSPS) is 14.8. The van der Waals surface area contributed by atoms with Gasteiger partial charge in [-0.3, -0.25) is 14.9 Å². The molecule has 2 aromatic rings. The van der Waals surface area contributed by atoms with Crippen molar-refractivity contribution < 1.29 is 19.2 Å². The largest absolute Gasteiger partial charge is 0.493 e. The van der Waals surface area contributed by atoms with Crippen LogP contribution in [0.15, 0.2) is 42.5 Å². The van der Waals surface area contributed by atoms with Gasteiger partial charge in [0.05, 0.1) is 18.1 Å². The van der Waals surface area contributed by atoms with E-state index in [9.17, 15) is 14.9 Å². The molecule has 1 N–H and O–H groups in total.